The number of thioether (sulfide) groups is 1. The van der Waals surface area contributed by atoms with Crippen molar-refractivity contribution in [3.8, 4) is 5.69 Å². The summed E-state index contributed by atoms with van der Waals surface area (Å²) in [6.07, 6.45) is 5.14. The van der Waals surface area contributed by atoms with E-state index in [1.54, 1.807) is 18.2 Å². The smallest absolute Gasteiger partial charge is 0.329 e. The normalized spacial score (nSPS) is 20.3. The van der Waals surface area contributed by atoms with Gasteiger partial charge in [0.05, 0.1) is 6.54 Å². The van der Waals surface area contributed by atoms with Gasteiger partial charge in [0.25, 0.3) is 11.1 Å². The van der Waals surface area contributed by atoms with Crippen LogP contribution < -0.4 is 10.2 Å². The van der Waals surface area contributed by atoms with Crippen molar-refractivity contribution < 1.29 is 14.0 Å². The summed E-state index contributed by atoms with van der Waals surface area (Å²) in [5.41, 5.74) is 8.69. The van der Waals surface area contributed by atoms with Gasteiger partial charge in [0, 0.05) is 36.3 Å². The number of amides is 2. The van der Waals surface area contributed by atoms with Crippen LogP contribution in [0.1, 0.15) is 12.8 Å². The molecule has 33 heavy (non-hydrogen) atoms. The molecule has 3 heterocycles. The van der Waals surface area contributed by atoms with Gasteiger partial charge in [0.2, 0.25) is 0 Å². The third-order valence-electron chi connectivity index (χ3n) is 6.14. The van der Waals surface area contributed by atoms with Crippen LogP contribution in [0.15, 0.2) is 76.6 Å². The van der Waals surface area contributed by atoms with Crippen molar-refractivity contribution in [2.45, 2.75) is 24.1 Å². The molecule has 2 aromatic heterocycles. The molecule has 7 nitrogen and oxygen atoms in total. The molecule has 2 amide bonds. The van der Waals surface area contributed by atoms with E-state index < -0.39 is 11.9 Å². The summed E-state index contributed by atoms with van der Waals surface area (Å²) >= 11 is 7.25. The van der Waals surface area contributed by atoms with E-state index in [4.69, 9.17) is 21.8 Å². The quantitative estimate of drug-likeness (QED) is 0.322. The van der Waals surface area contributed by atoms with Crippen LogP contribution >= 0.6 is 23.4 Å². The second kappa shape index (κ2) is 8.70. The van der Waals surface area contributed by atoms with Gasteiger partial charge in [0.1, 0.15) is 17.0 Å². The Bertz CT molecular complexity index is 1340. The summed E-state index contributed by atoms with van der Waals surface area (Å²) in [7, 11) is 0. The molecule has 0 spiro atoms. The van der Waals surface area contributed by atoms with Crippen LogP contribution in [0.3, 0.4) is 0 Å². The van der Waals surface area contributed by atoms with Gasteiger partial charge in [-0.2, -0.15) is 0 Å². The van der Waals surface area contributed by atoms with Crippen molar-refractivity contribution in [1.82, 2.24) is 14.0 Å². The van der Waals surface area contributed by atoms with Crippen LogP contribution in [-0.4, -0.2) is 39.7 Å². The number of benzene rings is 2. The lowest BCUT2D eigenvalue weighted by Crippen LogP contribution is -2.62. The number of halogens is 1. The predicted molar refractivity (Wildman–Crippen MR) is 129 cm³/mol. The molecule has 1 aliphatic rings. The number of nitrogens with zero attached hydrogens (tertiary/aromatic N) is 3. The van der Waals surface area contributed by atoms with Crippen LogP contribution in [0.4, 0.5) is 5.69 Å². The monoisotopic (exact) mass is 481 g/mol. The first-order chi connectivity index (χ1) is 16.0. The first-order valence-corrected chi connectivity index (χ1v) is 12.0. The maximum absolute atomic E-state index is 13.9. The van der Waals surface area contributed by atoms with Crippen molar-refractivity contribution in [2.24, 2.45) is 5.73 Å². The summed E-state index contributed by atoms with van der Waals surface area (Å²) < 4.78 is 7.62. The molecule has 4 aromatic rings. The molecule has 1 saturated heterocycles. The molecule has 1 aliphatic heterocycles. The van der Waals surface area contributed by atoms with Crippen LogP contribution in [0.5, 0.6) is 0 Å². The van der Waals surface area contributed by atoms with Crippen molar-refractivity contribution in [3.63, 3.8) is 0 Å². The van der Waals surface area contributed by atoms with Crippen LogP contribution in [0.2, 0.25) is 5.02 Å². The largest absolute Gasteiger partial charge is 0.431 e. The number of hydrogen-bond donors (Lipinski definition) is 1. The Kier molecular flexibility index (Phi) is 5.74. The lowest BCUT2D eigenvalue weighted by Gasteiger charge is -2.36. The predicted octanol–water partition coefficient (Wildman–Crippen LogP) is 4.55. The number of hydrogen-bond acceptors (Lipinski definition) is 5. The molecule has 2 atom stereocenters. The molecule has 168 valence electrons. The van der Waals surface area contributed by atoms with Gasteiger partial charge in [-0.1, -0.05) is 35.5 Å². The Morgan fingerprint density at radius 1 is 1.18 bits per heavy atom. The molecule has 0 saturated carbocycles. The minimum Gasteiger partial charge on any atom is -0.431 e. The number of likely N-dealkylation sites (tertiary alicyclic amines) is 1. The van der Waals surface area contributed by atoms with Crippen molar-refractivity contribution >= 4 is 52.0 Å². The lowest BCUT2D eigenvalue weighted by molar-refractivity contribution is -0.134. The van der Waals surface area contributed by atoms with Gasteiger partial charge in [-0.05, 0) is 36.4 Å². The van der Waals surface area contributed by atoms with Crippen LogP contribution in [0.25, 0.3) is 16.8 Å². The molecule has 0 aliphatic carbocycles. The molecule has 0 radical (unpaired) electrons. The Morgan fingerprint density at radius 2 is 1.97 bits per heavy atom. The minimum absolute atomic E-state index is 0.0876. The van der Waals surface area contributed by atoms with Crippen LogP contribution in [0, 0.1) is 0 Å². The highest BCUT2D eigenvalue weighted by atomic mass is 35.5. The summed E-state index contributed by atoms with van der Waals surface area (Å²) in [5.74, 6) is -0.490. The van der Waals surface area contributed by atoms with Crippen LogP contribution in [-0.2, 0) is 9.59 Å². The lowest BCUT2D eigenvalue weighted by atomic mass is 10.1. The number of para-hydroxylation sites is 2. The van der Waals surface area contributed by atoms with E-state index in [9.17, 15) is 9.59 Å². The summed E-state index contributed by atoms with van der Waals surface area (Å²) in [4.78, 5) is 30.8. The highest BCUT2D eigenvalue weighted by Crippen LogP contribution is 2.40. The first-order valence-electron chi connectivity index (χ1n) is 10.6. The summed E-state index contributed by atoms with van der Waals surface area (Å²) in [6, 6.07) is 16.1. The number of carbonyl (C=O) groups excluding carboxylic acids is 2. The van der Waals surface area contributed by atoms with Gasteiger partial charge in [-0.3, -0.25) is 4.79 Å². The number of primary amides is 1. The standard InChI is InChI=1S/C24H21ClN4O3S/c25-16-9-10-21-17(14-16)27-24(32-21)33-15-22(30)29(13-5-8-20(29)23(26)31)19-7-2-1-6-18(19)28-11-3-4-12-28/h1-4,6-7,9-12,14,20H,5,8,13,15H2,(H-,26,31)/p+1/t20-,29?/m0/s1. The van der Waals surface area contributed by atoms with Gasteiger partial charge in [-0.25, -0.2) is 14.3 Å². The van der Waals surface area contributed by atoms with E-state index >= 15 is 0 Å². The van der Waals surface area contributed by atoms with E-state index in [1.807, 2.05) is 53.4 Å². The Labute approximate surface area is 199 Å². The number of fused-ring (bicyclic) bond motifs is 1. The zero-order valence-electron chi connectivity index (χ0n) is 17.7. The molecule has 2 N–H and O–H groups in total. The van der Waals surface area contributed by atoms with E-state index in [-0.39, 0.29) is 16.1 Å². The molecule has 9 heteroatoms. The molecule has 1 fully saturated rings. The van der Waals surface area contributed by atoms with Crippen molar-refractivity contribution in [2.75, 3.05) is 12.3 Å². The molecule has 0 bridgehead atoms. The number of oxazole rings is 1. The number of rotatable bonds is 6. The third kappa shape index (κ3) is 3.84. The first kappa shape index (κ1) is 21.8. The zero-order chi connectivity index (χ0) is 23.0. The minimum atomic E-state index is -0.628. The SMILES string of the molecule is NC(=O)[C@@H]1CCC[N+]1(C(=O)CSc1nc2cc(Cl)ccc2o1)c1ccccc1-n1cccc1. The molecule has 1 unspecified atom stereocenters. The fourth-order valence-corrected chi connectivity index (χ4v) is 5.64. The number of carbonyl (C=O) groups is 2. The second-order valence-electron chi connectivity index (χ2n) is 8.01. The average Bonchev–Trinajstić information content (AvgIpc) is 3.56. The Hall–Kier alpha value is -3.07. The molecule has 5 rings (SSSR count). The molecular formula is C24H22ClN4O3S+. The van der Waals surface area contributed by atoms with E-state index in [1.165, 1.54) is 11.8 Å². The van der Waals surface area contributed by atoms with Gasteiger partial charge >= 0.3 is 5.91 Å². The van der Waals surface area contributed by atoms with E-state index in [0.29, 0.717) is 34.3 Å². The molecule has 2 aromatic carbocycles. The summed E-state index contributed by atoms with van der Waals surface area (Å²) in [5, 5.41) is 0.947. The van der Waals surface area contributed by atoms with Gasteiger partial charge in [0.15, 0.2) is 17.3 Å². The van der Waals surface area contributed by atoms with E-state index in [2.05, 4.69) is 4.98 Å². The molecular weight excluding hydrogens is 460 g/mol. The third-order valence-corrected chi connectivity index (χ3v) is 7.19. The number of nitrogens with two attached hydrogens (primary N) is 1. The fraction of sp³-hybridized carbons (Fsp3) is 0.208. The van der Waals surface area contributed by atoms with Crippen molar-refractivity contribution in [1.29, 1.82) is 0 Å². The van der Waals surface area contributed by atoms with Gasteiger partial charge in [-0.15, -0.1) is 0 Å². The van der Waals surface area contributed by atoms with Crippen molar-refractivity contribution in [3.05, 3.63) is 72.0 Å². The highest BCUT2D eigenvalue weighted by Gasteiger charge is 2.53. The summed E-state index contributed by atoms with van der Waals surface area (Å²) in [6.45, 7) is 0.508. The number of quaternary nitrogens is 1. The Morgan fingerprint density at radius 3 is 2.76 bits per heavy atom. The Balaban J connectivity index is 1.52. The zero-order valence-corrected chi connectivity index (χ0v) is 19.3. The second-order valence-corrected chi connectivity index (χ2v) is 9.37. The maximum atomic E-state index is 13.9. The van der Waals surface area contributed by atoms with Gasteiger partial charge < -0.3 is 14.7 Å². The number of aromatic nitrogens is 2. The van der Waals surface area contributed by atoms with E-state index in [0.717, 1.165) is 17.8 Å². The highest BCUT2D eigenvalue weighted by molar-refractivity contribution is 7.99. The maximum Gasteiger partial charge on any atom is 0.329 e. The topological polar surface area (TPSA) is 91.1 Å². The average molecular weight is 482 g/mol. The fourth-order valence-electron chi connectivity index (χ4n) is 4.69.